The quantitative estimate of drug-likeness (QED) is 0.751. The van der Waals surface area contributed by atoms with Crippen LogP contribution in [-0.2, 0) is 9.59 Å². The summed E-state index contributed by atoms with van der Waals surface area (Å²) in [7, 11) is 3.89. The van der Waals surface area contributed by atoms with Gasteiger partial charge in [-0.1, -0.05) is 12.8 Å². The van der Waals surface area contributed by atoms with Gasteiger partial charge in [0.1, 0.15) is 0 Å². The van der Waals surface area contributed by atoms with Gasteiger partial charge in [0.05, 0.1) is 12.6 Å². The van der Waals surface area contributed by atoms with Crippen molar-refractivity contribution >= 4 is 11.9 Å². The first-order chi connectivity index (χ1) is 9.91. The number of likely N-dealkylation sites (tertiary alicyclic amines) is 1. The predicted octanol–water partition coefficient (Wildman–Crippen LogP) is 0.726. The molecule has 0 aromatic carbocycles. The Labute approximate surface area is 127 Å². The van der Waals surface area contributed by atoms with Crippen LogP contribution in [0.4, 0.5) is 0 Å². The average molecular weight is 299 g/mol. The van der Waals surface area contributed by atoms with Crippen molar-refractivity contribution in [2.45, 2.75) is 38.6 Å². The maximum Gasteiger partial charge on any atom is 0.317 e. The summed E-state index contributed by atoms with van der Waals surface area (Å²) in [6.45, 7) is 4.67. The molecule has 1 unspecified atom stereocenters. The van der Waals surface area contributed by atoms with E-state index in [1.807, 2.05) is 30.8 Å². The summed E-state index contributed by atoms with van der Waals surface area (Å²) in [5, 5.41) is 9.05. The minimum Gasteiger partial charge on any atom is -0.480 e. The fourth-order valence-corrected chi connectivity index (χ4v) is 2.62. The SMILES string of the molecule is CC(C(=O)N1CCCCCC1)N(CCN(C)C)CC(=O)O. The van der Waals surface area contributed by atoms with Crippen molar-refractivity contribution in [3.8, 4) is 0 Å². The smallest absolute Gasteiger partial charge is 0.317 e. The van der Waals surface area contributed by atoms with Crippen LogP contribution in [-0.4, -0.2) is 84.5 Å². The molecule has 0 spiro atoms. The van der Waals surface area contributed by atoms with Crippen molar-refractivity contribution in [2.75, 3.05) is 46.8 Å². The van der Waals surface area contributed by atoms with E-state index in [9.17, 15) is 9.59 Å². The molecule has 0 radical (unpaired) electrons. The largest absolute Gasteiger partial charge is 0.480 e. The highest BCUT2D eigenvalue weighted by Gasteiger charge is 2.27. The summed E-state index contributed by atoms with van der Waals surface area (Å²) in [6, 6.07) is -0.376. The van der Waals surface area contributed by atoms with Crippen molar-refractivity contribution in [2.24, 2.45) is 0 Å². The Morgan fingerprint density at radius 3 is 2.14 bits per heavy atom. The molecule has 0 aliphatic carbocycles. The molecule has 1 saturated heterocycles. The van der Waals surface area contributed by atoms with Gasteiger partial charge in [-0.3, -0.25) is 14.5 Å². The van der Waals surface area contributed by atoms with E-state index in [2.05, 4.69) is 0 Å². The van der Waals surface area contributed by atoms with Crippen molar-refractivity contribution in [3.05, 3.63) is 0 Å². The Balaban J connectivity index is 2.65. The zero-order valence-corrected chi connectivity index (χ0v) is 13.5. The van der Waals surface area contributed by atoms with Gasteiger partial charge in [0.2, 0.25) is 5.91 Å². The second kappa shape index (κ2) is 9.00. The highest BCUT2D eigenvalue weighted by molar-refractivity contribution is 5.82. The fraction of sp³-hybridized carbons (Fsp3) is 0.867. The number of amides is 1. The monoisotopic (exact) mass is 299 g/mol. The van der Waals surface area contributed by atoms with E-state index < -0.39 is 5.97 Å². The van der Waals surface area contributed by atoms with Crippen molar-refractivity contribution < 1.29 is 14.7 Å². The molecule has 0 bridgehead atoms. The van der Waals surface area contributed by atoms with Crippen LogP contribution in [0.15, 0.2) is 0 Å². The Morgan fingerprint density at radius 1 is 1.10 bits per heavy atom. The van der Waals surface area contributed by atoms with Gasteiger partial charge in [0, 0.05) is 26.2 Å². The number of hydrogen-bond donors (Lipinski definition) is 1. The number of carboxylic acid groups (broad SMARTS) is 1. The summed E-state index contributed by atoms with van der Waals surface area (Å²) in [6.07, 6.45) is 4.46. The Bertz CT molecular complexity index is 339. The second-order valence-electron chi connectivity index (χ2n) is 6.08. The third-order valence-corrected chi connectivity index (χ3v) is 4.00. The molecule has 0 aromatic rings. The lowest BCUT2D eigenvalue weighted by Gasteiger charge is -2.32. The number of rotatable bonds is 7. The molecular weight excluding hydrogens is 270 g/mol. The zero-order valence-electron chi connectivity index (χ0n) is 13.5. The Kier molecular flexibility index (Phi) is 7.67. The van der Waals surface area contributed by atoms with Crippen LogP contribution in [0.3, 0.4) is 0 Å². The summed E-state index contributed by atoms with van der Waals surface area (Å²) < 4.78 is 0. The van der Waals surface area contributed by atoms with Crippen LogP contribution < -0.4 is 0 Å². The van der Waals surface area contributed by atoms with Crippen LogP contribution in [0.25, 0.3) is 0 Å². The number of aliphatic carboxylic acids is 1. The molecule has 1 rings (SSSR count). The first kappa shape index (κ1) is 17.9. The van der Waals surface area contributed by atoms with Crippen LogP contribution >= 0.6 is 0 Å². The van der Waals surface area contributed by atoms with E-state index in [1.165, 1.54) is 12.8 Å². The van der Waals surface area contributed by atoms with Gasteiger partial charge in [-0.2, -0.15) is 0 Å². The highest BCUT2D eigenvalue weighted by atomic mass is 16.4. The van der Waals surface area contributed by atoms with E-state index in [0.29, 0.717) is 6.54 Å². The number of carbonyl (C=O) groups is 2. The molecule has 1 atom stereocenters. The molecule has 1 heterocycles. The van der Waals surface area contributed by atoms with Gasteiger partial charge in [0.15, 0.2) is 0 Å². The minimum atomic E-state index is -0.885. The molecule has 21 heavy (non-hydrogen) atoms. The van der Waals surface area contributed by atoms with Gasteiger partial charge < -0.3 is 14.9 Å². The van der Waals surface area contributed by atoms with Crippen molar-refractivity contribution in [1.82, 2.24) is 14.7 Å². The summed E-state index contributed by atoms with van der Waals surface area (Å²) in [4.78, 5) is 29.3. The molecular formula is C15H29N3O3. The lowest BCUT2D eigenvalue weighted by molar-refractivity contribution is -0.142. The minimum absolute atomic E-state index is 0.0666. The molecule has 0 aromatic heterocycles. The number of nitrogens with zero attached hydrogens (tertiary/aromatic N) is 3. The third-order valence-electron chi connectivity index (χ3n) is 4.00. The van der Waals surface area contributed by atoms with Crippen molar-refractivity contribution in [3.63, 3.8) is 0 Å². The first-order valence-corrected chi connectivity index (χ1v) is 7.81. The van der Waals surface area contributed by atoms with Crippen molar-refractivity contribution in [1.29, 1.82) is 0 Å². The average Bonchev–Trinajstić information content (AvgIpc) is 2.70. The molecule has 1 aliphatic rings. The van der Waals surface area contributed by atoms with Gasteiger partial charge in [-0.25, -0.2) is 0 Å². The topological polar surface area (TPSA) is 64.1 Å². The molecule has 0 saturated carbocycles. The van der Waals surface area contributed by atoms with E-state index in [0.717, 1.165) is 32.5 Å². The second-order valence-corrected chi connectivity index (χ2v) is 6.08. The number of carbonyl (C=O) groups excluding carboxylic acids is 1. The van der Waals surface area contributed by atoms with Crippen LogP contribution in [0, 0.1) is 0 Å². The van der Waals surface area contributed by atoms with E-state index in [1.54, 1.807) is 4.90 Å². The fourth-order valence-electron chi connectivity index (χ4n) is 2.62. The standard InChI is InChI=1S/C15H29N3O3/c1-13(15(21)17-8-6-4-5-7-9-17)18(12-14(19)20)11-10-16(2)3/h13H,4-12H2,1-3H3,(H,19,20). The number of hydrogen-bond acceptors (Lipinski definition) is 4. The van der Waals surface area contributed by atoms with Crippen LogP contribution in [0.5, 0.6) is 0 Å². The molecule has 1 amide bonds. The summed E-state index contributed by atoms with van der Waals surface area (Å²) >= 11 is 0. The first-order valence-electron chi connectivity index (χ1n) is 7.81. The normalized spacial score (nSPS) is 17.9. The van der Waals surface area contributed by atoms with Gasteiger partial charge in [0.25, 0.3) is 0 Å². The maximum absolute atomic E-state index is 12.6. The van der Waals surface area contributed by atoms with E-state index in [-0.39, 0.29) is 18.5 Å². The number of likely N-dealkylation sites (N-methyl/N-ethyl adjacent to an activating group) is 1. The van der Waals surface area contributed by atoms with Gasteiger partial charge >= 0.3 is 5.97 Å². The zero-order chi connectivity index (χ0) is 15.8. The maximum atomic E-state index is 12.6. The third kappa shape index (κ3) is 6.44. The van der Waals surface area contributed by atoms with Gasteiger partial charge in [-0.05, 0) is 33.9 Å². The molecule has 6 heteroatoms. The van der Waals surface area contributed by atoms with Gasteiger partial charge in [-0.15, -0.1) is 0 Å². The molecule has 1 fully saturated rings. The van der Waals surface area contributed by atoms with Crippen LogP contribution in [0.1, 0.15) is 32.6 Å². The predicted molar refractivity (Wildman–Crippen MR) is 82.3 cm³/mol. The lowest BCUT2D eigenvalue weighted by atomic mass is 10.2. The van der Waals surface area contributed by atoms with Crippen LogP contribution in [0.2, 0.25) is 0 Å². The number of carboxylic acids is 1. The molecule has 122 valence electrons. The lowest BCUT2D eigenvalue weighted by Crippen LogP contribution is -2.50. The highest BCUT2D eigenvalue weighted by Crippen LogP contribution is 2.13. The molecule has 1 N–H and O–H groups in total. The summed E-state index contributed by atoms with van der Waals surface area (Å²) in [5.41, 5.74) is 0. The van der Waals surface area contributed by atoms with E-state index >= 15 is 0 Å². The Hall–Kier alpha value is -1.14. The molecule has 1 aliphatic heterocycles. The van der Waals surface area contributed by atoms with E-state index in [4.69, 9.17) is 5.11 Å². The Morgan fingerprint density at radius 2 is 1.67 bits per heavy atom. The summed E-state index contributed by atoms with van der Waals surface area (Å²) in [5.74, 6) is -0.818. The molecule has 6 nitrogen and oxygen atoms in total.